The van der Waals surface area contributed by atoms with Crippen molar-refractivity contribution in [3.8, 4) is 0 Å². The molecule has 0 aliphatic carbocycles. The molecule has 0 unspecified atom stereocenters. The van der Waals surface area contributed by atoms with Gasteiger partial charge in [-0.25, -0.2) is 4.98 Å². The highest BCUT2D eigenvalue weighted by Crippen LogP contribution is 2.32. The first kappa shape index (κ1) is 19.6. The highest BCUT2D eigenvalue weighted by molar-refractivity contribution is 5.92. The van der Waals surface area contributed by atoms with E-state index in [4.69, 9.17) is 0 Å². The Morgan fingerprint density at radius 1 is 1.32 bits per heavy atom. The van der Waals surface area contributed by atoms with E-state index in [-0.39, 0.29) is 17.2 Å². The van der Waals surface area contributed by atoms with E-state index in [9.17, 15) is 18.0 Å². The van der Waals surface area contributed by atoms with E-state index < -0.39 is 18.1 Å². The summed E-state index contributed by atoms with van der Waals surface area (Å²) in [6, 6.07) is 1.89. The summed E-state index contributed by atoms with van der Waals surface area (Å²) < 4.78 is 42.0. The van der Waals surface area contributed by atoms with Gasteiger partial charge in [-0.15, -0.1) is 0 Å². The minimum atomic E-state index is -4.67. The summed E-state index contributed by atoms with van der Waals surface area (Å²) in [4.78, 5) is 20.3. The number of pyridine rings is 1. The highest BCUT2D eigenvalue weighted by atomic mass is 19.4. The van der Waals surface area contributed by atoms with Crippen LogP contribution in [0.1, 0.15) is 53.4 Å². The maximum absolute atomic E-state index is 13.4. The lowest BCUT2D eigenvalue weighted by atomic mass is 10.1. The number of halogens is 3. The van der Waals surface area contributed by atoms with E-state index >= 15 is 0 Å². The lowest BCUT2D eigenvalue weighted by molar-refractivity contribution is -0.155. The second-order valence-corrected chi connectivity index (χ2v) is 6.58. The van der Waals surface area contributed by atoms with E-state index in [0.29, 0.717) is 12.2 Å². The monoisotopic (exact) mass is 392 g/mol. The number of nitrogens with zero attached hydrogens (tertiary/aromatic N) is 4. The van der Waals surface area contributed by atoms with Crippen molar-refractivity contribution in [2.45, 2.75) is 38.5 Å². The molecule has 3 heterocycles. The molecule has 10 heteroatoms. The van der Waals surface area contributed by atoms with Gasteiger partial charge in [0, 0.05) is 36.3 Å². The third-order valence-corrected chi connectivity index (χ3v) is 4.09. The van der Waals surface area contributed by atoms with Gasteiger partial charge in [0.05, 0.1) is 12.2 Å². The van der Waals surface area contributed by atoms with Gasteiger partial charge >= 0.3 is 6.18 Å². The van der Waals surface area contributed by atoms with E-state index in [1.54, 1.807) is 12.4 Å². The molecular formula is C18H19F3N6O. The van der Waals surface area contributed by atoms with Crippen LogP contribution in [0, 0.1) is 0 Å². The Labute approximate surface area is 159 Å². The number of aromatic nitrogens is 5. The maximum Gasteiger partial charge on any atom is 0.412 e. The minimum Gasteiger partial charge on any atom is -0.335 e. The molecular weight excluding hydrogens is 373 g/mol. The average Bonchev–Trinajstić information content (AvgIpc) is 3.29. The fourth-order valence-electron chi connectivity index (χ4n) is 2.80. The number of carbonyl (C=O) groups excluding carboxylic acids is 1. The zero-order valence-electron chi connectivity index (χ0n) is 15.2. The summed E-state index contributed by atoms with van der Waals surface area (Å²) in [5.41, 5.74) is 0.299. The number of hydrogen-bond donors (Lipinski definition) is 2. The Morgan fingerprint density at radius 2 is 2.11 bits per heavy atom. The summed E-state index contributed by atoms with van der Waals surface area (Å²) in [5.74, 6) is 0.130. The van der Waals surface area contributed by atoms with Gasteiger partial charge < -0.3 is 9.88 Å². The molecule has 3 aromatic heterocycles. The van der Waals surface area contributed by atoms with Crippen LogP contribution in [-0.2, 0) is 6.54 Å². The molecule has 1 amide bonds. The summed E-state index contributed by atoms with van der Waals surface area (Å²) >= 11 is 0. The molecule has 0 aromatic carbocycles. The fourth-order valence-corrected chi connectivity index (χ4v) is 2.80. The minimum absolute atomic E-state index is 0.126. The SMILES string of the molecule is CC(C)c1nccn1Cc1cc(C(=O)N[C@@H](c2cccnc2)C(F)(F)F)n[nH]1. The van der Waals surface area contributed by atoms with E-state index in [2.05, 4.69) is 20.2 Å². The predicted octanol–water partition coefficient (Wildman–Crippen LogP) is 3.21. The molecule has 2 N–H and O–H groups in total. The Kier molecular flexibility index (Phi) is 5.48. The molecule has 0 radical (unpaired) electrons. The van der Waals surface area contributed by atoms with Gasteiger partial charge in [0.25, 0.3) is 5.91 Å². The van der Waals surface area contributed by atoms with Crippen LogP contribution in [0.4, 0.5) is 13.2 Å². The van der Waals surface area contributed by atoms with Crippen molar-refractivity contribution in [1.29, 1.82) is 0 Å². The third kappa shape index (κ3) is 4.38. The third-order valence-electron chi connectivity index (χ3n) is 4.09. The van der Waals surface area contributed by atoms with Crippen LogP contribution >= 0.6 is 0 Å². The summed E-state index contributed by atoms with van der Waals surface area (Å²) in [5, 5.41) is 8.52. The molecule has 0 spiro atoms. The van der Waals surface area contributed by atoms with Crippen molar-refractivity contribution < 1.29 is 18.0 Å². The number of hydrogen-bond acceptors (Lipinski definition) is 4. The van der Waals surface area contributed by atoms with Crippen molar-refractivity contribution in [2.75, 3.05) is 0 Å². The Hall–Kier alpha value is -3.17. The molecule has 3 aromatic rings. The van der Waals surface area contributed by atoms with Gasteiger partial charge in [0.1, 0.15) is 11.5 Å². The summed E-state index contributed by atoms with van der Waals surface area (Å²) in [6.45, 7) is 4.37. The quantitative estimate of drug-likeness (QED) is 0.674. The van der Waals surface area contributed by atoms with Crippen molar-refractivity contribution in [1.82, 2.24) is 30.0 Å². The number of H-pyrrole nitrogens is 1. The first-order valence-electron chi connectivity index (χ1n) is 8.58. The van der Waals surface area contributed by atoms with Gasteiger partial charge in [-0.05, 0) is 12.1 Å². The molecule has 3 rings (SSSR count). The second-order valence-electron chi connectivity index (χ2n) is 6.58. The molecule has 0 aliphatic rings. The number of carbonyl (C=O) groups is 1. The van der Waals surface area contributed by atoms with Gasteiger partial charge in [-0.2, -0.15) is 18.3 Å². The number of alkyl halides is 3. The van der Waals surface area contributed by atoms with Crippen LogP contribution in [0.25, 0.3) is 0 Å². The summed E-state index contributed by atoms with van der Waals surface area (Å²) in [6.07, 6.45) is 1.22. The number of rotatable bonds is 6. The van der Waals surface area contributed by atoms with Gasteiger partial charge in [-0.3, -0.25) is 14.9 Å². The topological polar surface area (TPSA) is 88.5 Å². The van der Waals surface area contributed by atoms with E-state index in [1.165, 1.54) is 24.4 Å². The van der Waals surface area contributed by atoms with Crippen molar-refractivity contribution >= 4 is 5.91 Å². The lowest BCUT2D eigenvalue weighted by Crippen LogP contribution is -2.38. The summed E-state index contributed by atoms with van der Waals surface area (Å²) in [7, 11) is 0. The average molecular weight is 392 g/mol. The molecule has 1 atom stereocenters. The molecule has 7 nitrogen and oxygen atoms in total. The second kappa shape index (κ2) is 7.83. The van der Waals surface area contributed by atoms with Crippen LogP contribution in [0.15, 0.2) is 43.0 Å². The van der Waals surface area contributed by atoms with Crippen molar-refractivity contribution in [3.63, 3.8) is 0 Å². The van der Waals surface area contributed by atoms with Gasteiger partial charge in [0.15, 0.2) is 6.04 Å². The fraction of sp³-hybridized carbons (Fsp3) is 0.333. The van der Waals surface area contributed by atoms with E-state index in [0.717, 1.165) is 12.0 Å². The number of amides is 1. The first-order chi connectivity index (χ1) is 13.3. The standard InChI is InChI=1S/C18H19F3N6O/c1-11(2)16-23-6-7-27(16)10-13-8-14(26-25-13)17(28)24-15(18(19,20)21)12-4-3-5-22-9-12/h3-9,11,15H,10H2,1-2H3,(H,24,28)(H,25,26)/t15-/m0/s1. The van der Waals surface area contributed by atoms with Crippen LogP contribution in [0.2, 0.25) is 0 Å². The van der Waals surface area contributed by atoms with Gasteiger partial charge in [-0.1, -0.05) is 19.9 Å². The van der Waals surface area contributed by atoms with Crippen molar-refractivity contribution in [2.24, 2.45) is 0 Å². The zero-order valence-corrected chi connectivity index (χ0v) is 15.2. The largest absolute Gasteiger partial charge is 0.412 e. The zero-order chi connectivity index (χ0) is 20.3. The molecule has 0 saturated carbocycles. The smallest absolute Gasteiger partial charge is 0.335 e. The van der Waals surface area contributed by atoms with Gasteiger partial charge in [0.2, 0.25) is 0 Å². The Morgan fingerprint density at radius 3 is 2.75 bits per heavy atom. The van der Waals surface area contributed by atoms with Crippen molar-refractivity contribution in [3.05, 3.63) is 65.8 Å². The van der Waals surface area contributed by atoms with Crippen LogP contribution in [0.3, 0.4) is 0 Å². The molecule has 0 saturated heterocycles. The number of nitrogens with one attached hydrogen (secondary N) is 2. The number of aromatic amines is 1. The first-order valence-corrected chi connectivity index (χ1v) is 8.58. The van der Waals surface area contributed by atoms with Crippen LogP contribution in [-0.4, -0.2) is 36.8 Å². The molecule has 0 bridgehead atoms. The number of imidazole rings is 1. The van der Waals surface area contributed by atoms with Crippen LogP contribution < -0.4 is 5.32 Å². The molecule has 0 fully saturated rings. The predicted molar refractivity (Wildman–Crippen MR) is 94.5 cm³/mol. The highest BCUT2D eigenvalue weighted by Gasteiger charge is 2.42. The maximum atomic E-state index is 13.4. The molecule has 148 valence electrons. The lowest BCUT2D eigenvalue weighted by Gasteiger charge is -2.21. The molecule has 28 heavy (non-hydrogen) atoms. The van der Waals surface area contributed by atoms with E-state index in [1.807, 2.05) is 23.7 Å². The van der Waals surface area contributed by atoms with Crippen LogP contribution in [0.5, 0.6) is 0 Å². The Balaban J connectivity index is 1.75. The Bertz CT molecular complexity index is 932. The normalized spacial score (nSPS) is 12.9. The molecule has 0 aliphatic heterocycles.